The van der Waals surface area contributed by atoms with Gasteiger partial charge in [0.25, 0.3) is 0 Å². The van der Waals surface area contributed by atoms with E-state index in [0.717, 1.165) is 17.3 Å². The lowest BCUT2D eigenvalue weighted by atomic mass is 10.0. The second-order valence-corrected chi connectivity index (χ2v) is 10.3. The second kappa shape index (κ2) is 12.4. The summed E-state index contributed by atoms with van der Waals surface area (Å²) in [6, 6.07) is 6.87. The van der Waals surface area contributed by atoms with Crippen molar-refractivity contribution in [2.75, 3.05) is 18.5 Å². The van der Waals surface area contributed by atoms with Gasteiger partial charge in [0.2, 0.25) is 11.8 Å². The van der Waals surface area contributed by atoms with Crippen LogP contribution in [0.25, 0.3) is 21.9 Å². The molecule has 0 aliphatic rings. The number of carbonyl (C=O) groups is 2. The van der Waals surface area contributed by atoms with Crippen molar-refractivity contribution < 1.29 is 19.4 Å². The summed E-state index contributed by atoms with van der Waals surface area (Å²) in [4.78, 5) is 35.4. The zero-order valence-corrected chi connectivity index (χ0v) is 22.5. The van der Waals surface area contributed by atoms with Gasteiger partial charge >= 0.3 is 0 Å². The third-order valence-electron chi connectivity index (χ3n) is 6.01. The molecule has 0 fully saturated rings. The number of anilines is 1. The lowest BCUT2D eigenvalue weighted by molar-refractivity contribution is -0.127. The number of hydrogen-bond acceptors (Lipinski definition) is 7. The van der Waals surface area contributed by atoms with E-state index < -0.39 is 11.6 Å². The molecule has 0 saturated carbocycles. The Morgan fingerprint density at radius 3 is 2.57 bits per heavy atom. The molecule has 1 atom stereocenters. The van der Waals surface area contributed by atoms with E-state index in [9.17, 15) is 14.7 Å². The zero-order valence-electron chi connectivity index (χ0n) is 22.5. The minimum Gasteiger partial charge on any atom is -0.389 e. The molecule has 5 N–H and O–H groups in total. The summed E-state index contributed by atoms with van der Waals surface area (Å²) in [5.41, 5.74) is 6.44. The number of carbonyl (C=O) groups excluding carboxylic acids is 2. The molecule has 0 spiro atoms. The predicted molar refractivity (Wildman–Crippen MR) is 145 cm³/mol. The number of aromatic nitrogens is 3. The van der Waals surface area contributed by atoms with Crippen LogP contribution in [0.1, 0.15) is 59.7 Å². The number of nitrogens with one attached hydrogen (secondary N) is 2. The van der Waals surface area contributed by atoms with E-state index in [4.69, 9.17) is 20.4 Å². The quantitative estimate of drug-likeness (QED) is 0.258. The van der Waals surface area contributed by atoms with Crippen LogP contribution in [0.5, 0.6) is 0 Å². The van der Waals surface area contributed by atoms with E-state index >= 15 is 0 Å². The van der Waals surface area contributed by atoms with Crippen LogP contribution in [0.2, 0.25) is 0 Å². The van der Waals surface area contributed by atoms with Gasteiger partial charge in [-0.15, -0.1) is 0 Å². The Morgan fingerprint density at radius 2 is 1.92 bits per heavy atom. The van der Waals surface area contributed by atoms with Crippen LogP contribution in [-0.2, 0) is 27.5 Å². The van der Waals surface area contributed by atoms with Gasteiger partial charge in [-0.1, -0.05) is 32.0 Å². The molecule has 10 nitrogen and oxygen atoms in total. The summed E-state index contributed by atoms with van der Waals surface area (Å²) in [5, 5.41) is 17.3. The number of fused-ring (bicyclic) bond motifs is 3. The smallest absolute Gasteiger partial charge is 0.248 e. The zero-order chi connectivity index (χ0) is 27.2. The Balaban J connectivity index is 2.05. The lowest BCUT2D eigenvalue weighted by Gasteiger charge is -2.22. The summed E-state index contributed by atoms with van der Waals surface area (Å²) < 4.78 is 7.60. The maximum Gasteiger partial charge on any atom is 0.248 e. The fourth-order valence-corrected chi connectivity index (χ4v) is 4.23. The number of hydrogen-bond donors (Lipinski definition) is 4. The van der Waals surface area contributed by atoms with E-state index in [0.29, 0.717) is 48.7 Å². The fraction of sp³-hybridized carbons (Fsp3) is 0.556. The standard InChI is InChI=1S/C27H40N6O4/c1-6-37-15-20-30-23-24(33(20)16-27(4,5)36)18-11-7-8-12-19(18)29-25(23)32-26(35)22(17(2)3)31-21(34)13-9-10-14-28/h7-8,11-12,17,22,36H,6,9-10,13-16,28H2,1-5H3,(H,31,34)(H,29,32,35). The number of nitrogens with zero attached hydrogens (tertiary/aromatic N) is 3. The summed E-state index contributed by atoms with van der Waals surface area (Å²) in [6.45, 7) is 10.7. The maximum absolute atomic E-state index is 13.4. The monoisotopic (exact) mass is 512 g/mol. The molecule has 2 aromatic heterocycles. The summed E-state index contributed by atoms with van der Waals surface area (Å²) >= 11 is 0. The van der Waals surface area contributed by atoms with E-state index in [2.05, 4.69) is 10.6 Å². The number of aliphatic hydroxyl groups is 1. The van der Waals surface area contributed by atoms with Crippen LogP contribution in [0.15, 0.2) is 24.3 Å². The predicted octanol–water partition coefficient (Wildman–Crippen LogP) is 3.10. The number of nitrogens with two attached hydrogens (primary N) is 1. The highest BCUT2D eigenvalue weighted by Gasteiger charge is 2.27. The van der Waals surface area contributed by atoms with Gasteiger partial charge in [0.1, 0.15) is 24.0 Å². The molecule has 0 aliphatic carbocycles. The SMILES string of the molecule is CCOCc1nc2c(NC(=O)C(NC(=O)CCCCN)C(C)C)nc3ccccc3c2n1CC(C)(C)O. The number of para-hydroxylation sites is 1. The molecule has 3 rings (SSSR count). The van der Waals surface area contributed by atoms with Gasteiger partial charge in [-0.25, -0.2) is 9.97 Å². The van der Waals surface area contributed by atoms with Crippen molar-refractivity contribution in [1.82, 2.24) is 19.9 Å². The molecule has 0 aliphatic heterocycles. The molecular weight excluding hydrogens is 472 g/mol. The van der Waals surface area contributed by atoms with Gasteiger partial charge < -0.3 is 30.8 Å². The highest BCUT2D eigenvalue weighted by Crippen LogP contribution is 2.31. The van der Waals surface area contributed by atoms with Crippen molar-refractivity contribution in [2.45, 2.75) is 78.7 Å². The van der Waals surface area contributed by atoms with E-state index in [-0.39, 0.29) is 30.9 Å². The average Bonchev–Trinajstić information content (AvgIpc) is 3.18. The van der Waals surface area contributed by atoms with Crippen molar-refractivity contribution in [3.05, 3.63) is 30.1 Å². The first-order chi connectivity index (χ1) is 17.6. The largest absolute Gasteiger partial charge is 0.389 e. The lowest BCUT2D eigenvalue weighted by Crippen LogP contribution is -2.47. The molecule has 0 saturated heterocycles. The molecule has 3 aromatic rings. The van der Waals surface area contributed by atoms with E-state index in [1.165, 1.54) is 0 Å². The maximum atomic E-state index is 13.4. The van der Waals surface area contributed by atoms with Gasteiger partial charge in [-0.2, -0.15) is 0 Å². The first-order valence-corrected chi connectivity index (χ1v) is 12.9. The second-order valence-electron chi connectivity index (χ2n) is 10.3. The minimum atomic E-state index is -1.01. The Bertz CT molecular complexity index is 1230. The Labute approximate surface area is 218 Å². The van der Waals surface area contributed by atoms with Crippen molar-refractivity contribution in [3.63, 3.8) is 0 Å². The van der Waals surface area contributed by atoms with Crippen LogP contribution < -0.4 is 16.4 Å². The highest BCUT2D eigenvalue weighted by molar-refractivity contribution is 6.10. The average molecular weight is 513 g/mol. The fourth-order valence-electron chi connectivity index (χ4n) is 4.23. The number of benzene rings is 1. The summed E-state index contributed by atoms with van der Waals surface area (Å²) in [5.74, 6) is 0.230. The van der Waals surface area contributed by atoms with Crippen molar-refractivity contribution >= 4 is 39.6 Å². The highest BCUT2D eigenvalue weighted by atomic mass is 16.5. The third kappa shape index (κ3) is 7.24. The van der Waals surface area contributed by atoms with Crippen molar-refractivity contribution in [1.29, 1.82) is 0 Å². The van der Waals surface area contributed by atoms with Gasteiger partial charge in [-0.3, -0.25) is 9.59 Å². The Hall–Kier alpha value is -3.08. The number of amides is 2. The molecule has 2 amide bonds. The van der Waals surface area contributed by atoms with Gasteiger partial charge in [0.05, 0.1) is 23.2 Å². The van der Waals surface area contributed by atoms with Crippen molar-refractivity contribution in [3.8, 4) is 0 Å². The minimum absolute atomic E-state index is 0.143. The molecule has 1 unspecified atom stereocenters. The number of pyridine rings is 1. The molecule has 2 heterocycles. The van der Waals surface area contributed by atoms with Crippen LogP contribution >= 0.6 is 0 Å². The normalized spacial score (nSPS) is 12.9. The molecule has 1 aromatic carbocycles. The molecule has 0 bridgehead atoms. The van der Waals surface area contributed by atoms with Crippen LogP contribution in [0.4, 0.5) is 5.82 Å². The van der Waals surface area contributed by atoms with Gasteiger partial charge in [0, 0.05) is 18.4 Å². The van der Waals surface area contributed by atoms with Crippen LogP contribution in [-0.4, -0.2) is 56.3 Å². The Morgan fingerprint density at radius 1 is 1.19 bits per heavy atom. The van der Waals surface area contributed by atoms with Gasteiger partial charge in [0.15, 0.2) is 5.82 Å². The molecular formula is C27H40N6O4. The van der Waals surface area contributed by atoms with Gasteiger partial charge in [-0.05, 0) is 52.1 Å². The molecule has 10 heteroatoms. The number of imidazole rings is 1. The van der Waals surface area contributed by atoms with Crippen molar-refractivity contribution in [2.24, 2.45) is 11.7 Å². The van der Waals surface area contributed by atoms with Crippen LogP contribution in [0, 0.1) is 5.92 Å². The van der Waals surface area contributed by atoms with E-state index in [1.807, 2.05) is 49.6 Å². The number of ether oxygens (including phenoxy) is 1. The third-order valence-corrected chi connectivity index (χ3v) is 6.01. The Kier molecular flexibility index (Phi) is 9.58. The number of rotatable bonds is 13. The molecule has 202 valence electrons. The topological polar surface area (TPSA) is 144 Å². The summed E-state index contributed by atoms with van der Waals surface area (Å²) in [6.07, 6.45) is 1.74. The van der Waals surface area contributed by atoms with E-state index in [1.54, 1.807) is 13.8 Å². The number of unbranched alkanes of at least 4 members (excludes halogenated alkanes) is 1. The summed E-state index contributed by atoms with van der Waals surface area (Å²) in [7, 11) is 0. The molecule has 37 heavy (non-hydrogen) atoms. The first kappa shape index (κ1) is 28.5. The van der Waals surface area contributed by atoms with Crippen LogP contribution in [0.3, 0.4) is 0 Å². The first-order valence-electron chi connectivity index (χ1n) is 12.9. The molecule has 0 radical (unpaired) electrons.